The van der Waals surface area contributed by atoms with E-state index in [1.165, 1.54) is 16.5 Å². The molecule has 1 aromatic carbocycles. The number of hydrogen-bond donors (Lipinski definition) is 3. The topological polar surface area (TPSA) is 61.4 Å². The van der Waals surface area contributed by atoms with E-state index in [-0.39, 0.29) is 5.41 Å². The summed E-state index contributed by atoms with van der Waals surface area (Å²) in [5.74, 6) is 0.855. The van der Waals surface area contributed by atoms with Crippen LogP contribution in [0.15, 0.2) is 35.5 Å². The van der Waals surface area contributed by atoms with Gasteiger partial charge in [0.25, 0.3) is 0 Å². The monoisotopic (exact) mass is 300 g/mol. The molecule has 2 aromatic rings. The first-order valence-electron chi connectivity index (χ1n) is 7.77. The molecular weight excluding hydrogens is 276 g/mol. The summed E-state index contributed by atoms with van der Waals surface area (Å²) in [6.45, 7) is 5.62. The molecular formula is C17H24N4O. The second-order valence-corrected chi connectivity index (χ2v) is 6.27. The SMILES string of the molecule is CN=C(NCCc1c[nH]c2ccccc12)NCC1(C)COC1. The second kappa shape index (κ2) is 6.40. The Balaban J connectivity index is 1.49. The van der Waals surface area contributed by atoms with Gasteiger partial charge in [0.05, 0.1) is 13.2 Å². The molecule has 1 saturated heterocycles. The zero-order valence-electron chi connectivity index (χ0n) is 13.3. The molecule has 118 valence electrons. The molecule has 1 aliphatic rings. The van der Waals surface area contributed by atoms with E-state index in [1.54, 1.807) is 7.05 Å². The van der Waals surface area contributed by atoms with Gasteiger partial charge in [-0.3, -0.25) is 4.99 Å². The van der Waals surface area contributed by atoms with Crippen molar-refractivity contribution in [2.75, 3.05) is 33.4 Å². The van der Waals surface area contributed by atoms with E-state index in [2.05, 4.69) is 58.0 Å². The number of hydrogen-bond acceptors (Lipinski definition) is 2. The Bertz CT molecular complexity index is 657. The van der Waals surface area contributed by atoms with E-state index < -0.39 is 0 Å². The van der Waals surface area contributed by atoms with Gasteiger partial charge < -0.3 is 20.4 Å². The molecule has 22 heavy (non-hydrogen) atoms. The summed E-state index contributed by atoms with van der Waals surface area (Å²) in [4.78, 5) is 7.59. The van der Waals surface area contributed by atoms with Crippen LogP contribution in [0.25, 0.3) is 10.9 Å². The standard InChI is InChI=1S/C17H24N4O/c1-17(11-22-12-17)10-21-16(18-2)19-8-7-13-9-20-15-6-4-3-5-14(13)15/h3-6,9,20H,7-8,10-12H2,1-2H3,(H2,18,19,21). The maximum Gasteiger partial charge on any atom is 0.191 e. The molecule has 0 saturated carbocycles. The van der Waals surface area contributed by atoms with Crippen LogP contribution in [-0.2, 0) is 11.2 Å². The number of rotatable bonds is 5. The molecule has 3 N–H and O–H groups in total. The van der Waals surface area contributed by atoms with Crippen LogP contribution < -0.4 is 10.6 Å². The van der Waals surface area contributed by atoms with E-state index in [4.69, 9.17) is 4.74 Å². The second-order valence-electron chi connectivity index (χ2n) is 6.27. The smallest absolute Gasteiger partial charge is 0.191 e. The Morgan fingerprint density at radius 2 is 2.14 bits per heavy atom. The molecule has 1 aromatic heterocycles. The Labute approximate surface area is 131 Å². The number of ether oxygens (including phenoxy) is 1. The largest absolute Gasteiger partial charge is 0.380 e. The van der Waals surface area contributed by atoms with Gasteiger partial charge in [-0.15, -0.1) is 0 Å². The van der Waals surface area contributed by atoms with Crippen LogP contribution in [0.4, 0.5) is 0 Å². The Kier molecular flexibility index (Phi) is 4.34. The summed E-state index contributed by atoms with van der Waals surface area (Å²) in [6.07, 6.45) is 3.06. The van der Waals surface area contributed by atoms with Crippen molar-refractivity contribution < 1.29 is 4.74 Å². The van der Waals surface area contributed by atoms with Crippen molar-refractivity contribution in [1.29, 1.82) is 0 Å². The Morgan fingerprint density at radius 3 is 2.86 bits per heavy atom. The van der Waals surface area contributed by atoms with E-state index in [0.717, 1.165) is 38.7 Å². The summed E-state index contributed by atoms with van der Waals surface area (Å²) in [5.41, 5.74) is 2.77. The summed E-state index contributed by atoms with van der Waals surface area (Å²) < 4.78 is 5.27. The minimum absolute atomic E-state index is 0.245. The predicted molar refractivity (Wildman–Crippen MR) is 90.3 cm³/mol. The quantitative estimate of drug-likeness (QED) is 0.584. The van der Waals surface area contributed by atoms with Gasteiger partial charge in [0, 0.05) is 42.7 Å². The lowest BCUT2D eigenvalue weighted by atomic mass is 9.89. The summed E-state index contributed by atoms with van der Waals surface area (Å²) in [6, 6.07) is 8.39. The number of nitrogens with zero attached hydrogens (tertiary/aromatic N) is 1. The van der Waals surface area contributed by atoms with Crippen molar-refractivity contribution in [3.05, 3.63) is 36.0 Å². The Hall–Kier alpha value is -2.01. The highest BCUT2D eigenvalue weighted by molar-refractivity contribution is 5.83. The van der Waals surface area contributed by atoms with Gasteiger partial charge in [0.15, 0.2) is 5.96 Å². The highest BCUT2D eigenvalue weighted by atomic mass is 16.5. The first-order chi connectivity index (χ1) is 10.7. The fourth-order valence-electron chi connectivity index (χ4n) is 2.72. The van der Waals surface area contributed by atoms with Crippen molar-refractivity contribution in [3.8, 4) is 0 Å². The van der Waals surface area contributed by atoms with Crippen LogP contribution >= 0.6 is 0 Å². The molecule has 1 fully saturated rings. The molecule has 2 heterocycles. The molecule has 0 bridgehead atoms. The van der Waals surface area contributed by atoms with Gasteiger partial charge >= 0.3 is 0 Å². The highest BCUT2D eigenvalue weighted by Crippen LogP contribution is 2.24. The summed E-state index contributed by atoms with van der Waals surface area (Å²) >= 11 is 0. The number of aromatic nitrogens is 1. The fourth-order valence-corrected chi connectivity index (χ4v) is 2.72. The van der Waals surface area contributed by atoms with Crippen LogP contribution in [0, 0.1) is 5.41 Å². The van der Waals surface area contributed by atoms with Crippen LogP contribution in [0.5, 0.6) is 0 Å². The first kappa shape index (κ1) is 14.9. The van der Waals surface area contributed by atoms with Crippen molar-refractivity contribution in [3.63, 3.8) is 0 Å². The zero-order chi connectivity index (χ0) is 15.4. The third kappa shape index (κ3) is 3.25. The van der Waals surface area contributed by atoms with Crippen LogP contribution in [0.1, 0.15) is 12.5 Å². The number of H-pyrrole nitrogens is 1. The molecule has 1 aliphatic heterocycles. The van der Waals surface area contributed by atoms with Crippen LogP contribution in [0.3, 0.4) is 0 Å². The van der Waals surface area contributed by atoms with Crippen LogP contribution in [0.2, 0.25) is 0 Å². The third-order valence-corrected chi connectivity index (χ3v) is 4.17. The number of nitrogens with one attached hydrogen (secondary N) is 3. The highest BCUT2D eigenvalue weighted by Gasteiger charge is 2.33. The third-order valence-electron chi connectivity index (χ3n) is 4.17. The van der Waals surface area contributed by atoms with Crippen molar-refractivity contribution in [2.24, 2.45) is 10.4 Å². The van der Waals surface area contributed by atoms with Gasteiger partial charge in [-0.1, -0.05) is 25.1 Å². The number of aliphatic imine (C=N–C) groups is 1. The molecule has 0 aliphatic carbocycles. The van der Waals surface area contributed by atoms with Gasteiger partial charge in [-0.05, 0) is 18.1 Å². The van der Waals surface area contributed by atoms with Gasteiger partial charge in [0.2, 0.25) is 0 Å². The number of benzene rings is 1. The predicted octanol–water partition coefficient (Wildman–Crippen LogP) is 1.91. The average Bonchev–Trinajstić information content (AvgIpc) is 2.92. The van der Waals surface area contributed by atoms with Crippen molar-refractivity contribution >= 4 is 16.9 Å². The van der Waals surface area contributed by atoms with Gasteiger partial charge in [-0.25, -0.2) is 0 Å². The van der Waals surface area contributed by atoms with E-state index in [9.17, 15) is 0 Å². The normalized spacial score (nSPS) is 17.3. The molecule has 0 spiro atoms. The Morgan fingerprint density at radius 1 is 1.32 bits per heavy atom. The molecule has 5 nitrogen and oxygen atoms in total. The molecule has 0 atom stereocenters. The summed E-state index contributed by atoms with van der Waals surface area (Å²) in [7, 11) is 1.81. The number of fused-ring (bicyclic) bond motifs is 1. The molecule has 0 amide bonds. The minimum atomic E-state index is 0.245. The molecule has 3 rings (SSSR count). The lowest BCUT2D eigenvalue weighted by Crippen LogP contribution is -2.51. The lowest BCUT2D eigenvalue weighted by molar-refractivity contribution is -0.0971. The van der Waals surface area contributed by atoms with Gasteiger partial charge in [0.1, 0.15) is 0 Å². The molecule has 5 heteroatoms. The van der Waals surface area contributed by atoms with E-state index in [0.29, 0.717) is 0 Å². The van der Waals surface area contributed by atoms with Crippen molar-refractivity contribution in [1.82, 2.24) is 15.6 Å². The zero-order valence-corrected chi connectivity index (χ0v) is 13.3. The average molecular weight is 300 g/mol. The fraction of sp³-hybridized carbons (Fsp3) is 0.471. The number of aromatic amines is 1. The number of guanidine groups is 1. The maximum atomic E-state index is 5.27. The first-order valence-corrected chi connectivity index (χ1v) is 7.77. The van der Waals surface area contributed by atoms with Crippen LogP contribution in [-0.4, -0.2) is 44.3 Å². The summed E-state index contributed by atoms with van der Waals surface area (Å²) in [5, 5.41) is 8.06. The molecule has 0 unspecified atom stereocenters. The molecule has 0 radical (unpaired) electrons. The van der Waals surface area contributed by atoms with Crippen molar-refractivity contribution in [2.45, 2.75) is 13.3 Å². The van der Waals surface area contributed by atoms with Gasteiger partial charge in [-0.2, -0.15) is 0 Å². The minimum Gasteiger partial charge on any atom is -0.380 e. The lowest BCUT2D eigenvalue weighted by Gasteiger charge is -2.38. The van der Waals surface area contributed by atoms with E-state index in [1.807, 2.05) is 0 Å². The maximum absolute atomic E-state index is 5.27. The van der Waals surface area contributed by atoms with E-state index >= 15 is 0 Å². The number of para-hydroxylation sites is 1.